The average Bonchev–Trinajstić information content (AvgIpc) is 3.40. The number of aryl methyl sites for hydroxylation is 1. The molecule has 4 aliphatic heterocycles. The molecule has 0 bridgehead atoms. The topological polar surface area (TPSA) is 119 Å². The first-order chi connectivity index (χ1) is 15.7. The molecule has 11 heteroatoms. The number of thioether (sulfide) groups is 1. The van der Waals surface area contributed by atoms with Gasteiger partial charge in [0.25, 0.3) is 0 Å². The molecule has 5 unspecified atom stereocenters. The van der Waals surface area contributed by atoms with E-state index >= 15 is 0 Å². The summed E-state index contributed by atoms with van der Waals surface area (Å²) in [5, 5.41) is 23.2. The van der Waals surface area contributed by atoms with Crippen LogP contribution in [0.4, 0.5) is 0 Å². The third-order valence-corrected chi connectivity index (χ3v) is 8.89. The number of β-lactam (4-membered cyclic amide) rings is 1. The number of aromatic nitrogens is 2. The molecule has 3 saturated heterocycles. The summed E-state index contributed by atoms with van der Waals surface area (Å²) in [6.45, 7) is 5.48. The van der Waals surface area contributed by atoms with Gasteiger partial charge in [-0.15, -0.1) is 11.8 Å². The predicted octanol–water partition coefficient (Wildman–Crippen LogP) is -0.687. The van der Waals surface area contributed by atoms with E-state index in [0.717, 1.165) is 0 Å². The van der Waals surface area contributed by atoms with Gasteiger partial charge in [-0.2, -0.15) is 0 Å². The Hall–Kier alpha value is -2.37. The van der Waals surface area contributed by atoms with Gasteiger partial charge in [-0.25, -0.2) is 13.9 Å². The van der Waals surface area contributed by atoms with E-state index in [0.29, 0.717) is 37.0 Å². The highest BCUT2D eigenvalue weighted by atomic mass is 32.2. The number of hydrogen-bond acceptors (Lipinski definition) is 6. The van der Waals surface area contributed by atoms with Gasteiger partial charge < -0.3 is 25.3 Å². The Bertz CT molecular complexity index is 1030. The zero-order valence-corrected chi connectivity index (χ0v) is 19.7. The first kappa shape index (κ1) is 22.4. The van der Waals surface area contributed by atoms with Crippen LogP contribution < -0.4 is 9.88 Å². The molecule has 5 heterocycles. The number of aliphatic hydroxyl groups excluding tert-OH is 1. The van der Waals surface area contributed by atoms with Gasteiger partial charge in [0.2, 0.25) is 18.1 Å². The Balaban J connectivity index is 1.21. The number of carbonyl (C=O) groups excluding carboxylic acids is 2. The summed E-state index contributed by atoms with van der Waals surface area (Å²) in [7, 11) is 1.97. The fourth-order valence-corrected chi connectivity index (χ4v) is 7.05. The number of carboxylic acids is 1. The van der Waals surface area contributed by atoms with Gasteiger partial charge in [0.15, 0.2) is 0 Å². The smallest absolute Gasteiger partial charge is 0.353 e. The number of nitrogens with zero attached hydrogens (tertiary/aromatic N) is 4. The van der Waals surface area contributed by atoms with E-state index in [9.17, 15) is 24.6 Å². The SMILES string of the molecule is CC(O)C1C(=O)N2C(C(=O)O)=C(SC3CNC(C(=O)N4CC(n5cc[n+](C)c5)C4)C3)C(C)[C@H]12. The summed E-state index contributed by atoms with van der Waals surface area (Å²) in [6, 6.07) is -0.293. The van der Waals surface area contributed by atoms with Crippen LogP contribution in [0.5, 0.6) is 0 Å². The fourth-order valence-electron chi connectivity index (χ4n) is 5.57. The second-order valence-electron chi connectivity index (χ2n) is 9.63. The lowest BCUT2D eigenvalue weighted by molar-refractivity contribution is -0.671. The quantitative estimate of drug-likeness (QED) is 0.367. The molecule has 178 valence electrons. The van der Waals surface area contributed by atoms with Gasteiger partial charge in [0.05, 0.1) is 44.2 Å². The van der Waals surface area contributed by atoms with Crippen LogP contribution in [-0.2, 0) is 21.4 Å². The van der Waals surface area contributed by atoms with Crippen molar-refractivity contribution in [3.63, 3.8) is 0 Å². The summed E-state index contributed by atoms with van der Waals surface area (Å²) < 4.78 is 4.10. The maximum atomic E-state index is 13.0. The van der Waals surface area contributed by atoms with Gasteiger partial charge in [-0.3, -0.25) is 9.59 Å². The third-order valence-electron chi connectivity index (χ3n) is 7.38. The normalized spacial score (nSPS) is 32.6. The standard InChI is InChI=1S/C22H29N5O5S/c1-11-17-16(12(2)28)21(30)27(17)18(22(31)32)19(11)33-14-6-15(23-7-14)20(29)26-8-13(9-26)25-5-4-24(3)10-25/h4-5,10-17,23,28H,6-9H2,1-3H3/p+1/t11?,12?,14?,15?,16?,17-/m1/s1. The van der Waals surface area contributed by atoms with E-state index in [4.69, 9.17) is 0 Å². The molecule has 33 heavy (non-hydrogen) atoms. The highest BCUT2D eigenvalue weighted by Gasteiger charge is 2.60. The van der Waals surface area contributed by atoms with Crippen molar-refractivity contribution in [1.82, 2.24) is 19.7 Å². The molecule has 0 aromatic carbocycles. The maximum Gasteiger partial charge on any atom is 0.353 e. The second kappa shape index (κ2) is 8.14. The molecule has 0 radical (unpaired) electrons. The second-order valence-corrected chi connectivity index (χ2v) is 11.0. The molecule has 4 aliphatic rings. The molecule has 0 aliphatic carbocycles. The number of hydrogen-bond donors (Lipinski definition) is 3. The van der Waals surface area contributed by atoms with E-state index in [1.165, 1.54) is 16.7 Å². The van der Waals surface area contributed by atoms with E-state index in [1.54, 1.807) is 6.92 Å². The lowest BCUT2D eigenvalue weighted by Crippen LogP contribution is -2.63. The number of imidazole rings is 1. The number of aliphatic carboxylic acids is 1. The summed E-state index contributed by atoms with van der Waals surface area (Å²) in [4.78, 5) is 41.3. The van der Waals surface area contributed by atoms with Gasteiger partial charge in [-0.1, -0.05) is 6.92 Å². The summed E-state index contributed by atoms with van der Waals surface area (Å²) in [5.74, 6) is -2.08. The number of fused-ring (bicyclic) bond motifs is 1. The lowest BCUT2D eigenvalue weighted by Gasteiger charge is -2.46. The summed E-state index contributed by atoms with van der Waals surface area (Å²) in [5.41, 5.74) is 0.0413. The number of carbonyl (C=O) groups is 3. The number of rotatable bonds is 6. The van der Waals surface area contributed by atoms with Crippen molar-refractivity contribution in [3.05, 3.63) is 29.3 Å². The van der Waals surface area contributed by atoms with Crippen LogP contribution in [0.25, 0.3) is 0 Å². The van der Waals surface area contributed by atoms with Gasteiger partial charge >= 0.3 is 5.97 Å². The lowest BCUT2D eigenvalue weighted by atomic mass is 9.79. The van der Waals surface area contributed by atoms with Crippen LogP contribution in [0.2, 0.25) is 0 Å². The average molecular weight is 477 g/mol. The molecule has 0 saturated carbocycles. The Morgan fingerprint density at radius 1 is 1.33 bits per heavy atom. The highest BCUT2D eigenvalue weighted by Crippen LogP contribution is 2.51. The molecule has 2 amide bonds. The minimum absolute atomic E-state index is 0.0413. The molecule has 0 spiro atoms. The number of carboxylic acid groups (broad SMARTS) is 1. The molecule has 10 nitrogen and oxygen atoms in total. The minimum Gasteiger partial charge on any atom is -0.477 e. The molecule has 1 aromatic heterocycles. The van der Waals surface area contributed by atoms with Crippen LogP contribution >= 0.6 is 11.8 Å². The highest BCUT2D eigenvalue weighted by molar-refractivity contribution is 8.03. The zero-order chi connectivity index (χ0) is 23.6. The van der Waals surface area contributed by atoms with E-state index in [-0.39, 0.29) is 40.8 Å². The Labute approximate surface area is 196 Å². The molecule has 5 rings (SSSR count). The Morgan fingerprint density at radius 2 is 2.06 bits per heavy atom. The molecular weight excluding hydrogens is 446 g/mol. The molecule has 3 N–H and O–H groups in total. The molecule has 6 atom stereocenters. The first-order valence-electron chi connectivity index (χ1n) is 11.4. The van der Waals surface area contributed by atoms with Gasteiger partial charge in [0, 0.05) is 22.6 Å². The van der Waals surface area contributed by atoms with Crippen LogP contribution in [0, 0.1) is 11.8 Å². The van der Waals surface area contributed by atoms with Crippen LogP contribution in [0.3, 0.4) is 0 Å². The number of likely N-dealkylation sites (tertiary alicyclic amines) is 1. The monoisotopic (exact) mass is 476 g/mol. The largest absolute Gasteiger partial charge is 0.477 e. The Kier molecular flexibility index (Phi) is 5.53. The van der Waals surface area contributed by atoms with E-state index in [2.05, 4.69) is 9.88 Å². The van der Waals surface area contributed by atoms with E-state index in [1.807, 2.05) is 42.2 Å². The predicted molar refractivity (Wildman–Crippen MR) is 119 cm³/mol. The van der Waals surface area contributed by atoms with Crippen molar-refractivity contribution in [2.24, 2.45) is 18.9 Å². The number of nitrogens with one attached hydrogen (secondary N) is 1. The molecule has 3 fully saturated rings. The number of amides is 2. The molecule has 1 aromatic rings. The molecular formula is C22H30N5O5S+. The number of aliphatic hydroxyl groups is 1. The van der Waals surface area contributed by atoms with Crippen LogP contribution in [0.15, 0.2) is 29.3 Å². The Morgan fingerprint density at radius 3 is 2.67 bits per heavy atom. The van der Waals surface area contributed by atoms with Crippen molar-refractivity contribution in [3.8, 4) is 0 Å². The van der Waals surface area contributed by atoms with Gasteiger partial charge in [-0.05, 0) is 13.3 Å². The summed E-state index contributed by atoms with van der Waals surface area (Å²) in [6.07, 6.45) is 5.81. The first-order valence-corrected chi connectivity index (χ1v) is 12.3. The van der Waals surface area contributed by atoms with Crippen molar-refractivity contribution < 1.29 is 29.2 Å². The van der Waals surface area contributed by atoms with Crippen LogP contribution in [-0.4, -0.2) is 85.4 Å². The zero-order valence-electron chi connectivity index (χ0n) is 18.9. The summed E-state index contributed by atoms with van der Waals surface area (Å²) >= 11 is 1.46. The van der Waals surface area contributed by atoms with E-state index < -0.39 is 18.0 Å². The van der Waals surface area contributed by atoms with Crippen molar-refractivity contribution in [2.45, 2.75) is 49.7 Å². The maximum absolute atomic E-state index is 13.0. The van der Waals surface area contributed by atoms with Crippen LogP contribution in [0.1, 0.15) is 26.3 Å². The minimum atomic E-state index is -1.12. The fraction of sp³-hybridized carbons (Fsp3) is 0.636. The van der Waals surface area contributed by atoms with Gasteiger partial charge in [0.1, 0.15) is 24.1 Å². The van der Waals surface area contributed by atoms with Crippen molar-refractivity contribution in [2.75, 3.05) is 19.6 Å². The third kappa shape index (κ3) is 3.57. The van der Waals surface area contributed by atoms with Crippen molar-refractivity contribution >= 4 is 29.5 Å². The van der Waals surface area contributed by atoms with Crippen molar-refractivity contribution in [1.29, 1.82) is 0 Å².